The van der Waals surface area contributed by atoms with Gasteiger partial charge in [-0.05, 0) is 13.8 Å². The molecule has 0 atom stereocenters. The zero-order chi connectivity index (χ0) is 19.5. The largest absolute Gasteiger partial charge is 4.00 e. The van der Waals surface area contributed by atoms with Crippen molar-refractivity contribution in [3.05, 3.63) is 0 Å². The van der Waals surface area contributed by atoms with E-state index in [-0.39, 0.29) is 70.6 Å². The molecule has 24 heavy (non-hydrogen) atoms. The van der Waals surface area contributed by atoms with Gasteiger partial charge < -0.3 is 20.4 Å². The van der Waals surface area contributed by atoms with Crippen molar-refractivity contribution in [1.29, 1.82) is 0 Å². The Morgan fingerprint density at radius 2 is 0.708 bits per heavy atom. The summed E-state index contributed by atoms with van der Waals surface area (Å²) in [7, 11) is 0. The number of carbonyl (C=O) groups is 2. The van der Waals surface area contributed by atoms with Gasteiger partial charge in [0.05, 0.1) is 6.42 Å². The van der Waals surface area contributed by atoms with E-state index in [2.05, 4.69) is 0 Å². The maximum Gasteiger partial charge on any atom is 4.00 e. The molecule has 144 valence electrons. The van der Waals surface area contributed by atoms with Crippen LogP contribution in [0.2, 0.25) is 0 Å². The third-order valence-electron chi connectivity index (χ3n) is 1.31. The summed E-state index contributed by atoms with van der Waals surface area (Å²) in [5.41, 5.74) is 0. The zero-order valence-corrected chi connectivity index (χ0v) is 18.8. The Bertz CT molecular complexity index is 166. The summed E-state index contributed by atoms with van der Waals surface area (Å²) < 4.78 is 0. The van der Waals surface area contributed by atoms with Crippen LogP contribution in [-0.4, -0.2) is 38.0 Å². The van der Waals surface area contributed by atoms with E-state index >= 15 is 0 Å². The van der Waals surface area contributed by atoms with E-state index in [1.54, 1.807) is 0 Å². The predicted molar refractivity (Wildman–Crippen MR) is 86.6 cm³/mol. The van der Waals surface area contributed by atoms with Crippen LogP contribution >= 0.6 is 0 Å². The first-order chi connectivity index (χ1) is 10.8. The number of ketones is 2. The van der Waals surface area contributed by atoms with Crippen LogP contribution in [0.1, 0.15) is 73.6 Å². The van der Waals surface area contributed by atoms with E-state index in [0.29, 0.717) is 0 Å². The monoisotopic (exact) mass is 426 g/mol. The average molecular weight is 428 g/mol. The first-order valence-corrected chi connectivity index (χ1v) is 8.10. The fraction of sp³-hybridized carbons (Fsp3) is 0.882. The Morgan fingerprint density at radius 3 is 0.708 bits per heavy atom. The molecule has 0 heterocycles. The maximum atomic E-state index is 10.0. The normalized spacial score (nSPS) is 7.42. The van der Waals surface area contributed by atoms with Crippen LogP contribution < -0.4 is 20.4 Å². The number of carbonyl (C=O) groups excluding carboxylic acids is 2. The minimum atomic E-state index is -0.0625. The summed E-state index contributed by atoms with van der Waals surface area (Å²) >= 11 is 0. The van der Waals surface area contributed by atoms with Gasteiger partial charge in [0.1, 0.15) is 11.6 Å². The van der Waals surface area contributed by atoms with Crippen LogP contribution in [0, 0.1) is 0 Å². The fourth-order valence-electron chi connectivity index (χ4n) is 0.351. The van der Waals surface area contributed by atoms with Crippen molar-refractivity contribution >= 4 is 11.6 Å². The number of hydrogen-bond donors (Lipinski definition) is 0. The van der Waals surface area contributed by atoms with Gasteiger partial charge in [-0.2, -0.15) is 0 Å². The SMILES string of the molecule is CC(=O)CC(C)=O.CCC[O-].CCC[O-].CCC[O-].CCC[O-].[Zr+4]. The molecule has 0 rings (SSSR count). The van der Waals surface area contributed by atoms with Crippen molar-refractivity contribution in [2.24, 2.45) is 0 Å². The first kappa shape index (κ1) is 39.2. The first-order valence-electron chi connectivity index (χ1n) is 8.10. The minimum absolute atomic E-state index is 0. The zero-order valence-electron chi connectivity index (χ0n) is 16.3. The van der Waals surface area contributed by atoms with Gasteiger partial charge in [-0.15, -0.1) is 26.4 Å². The Balaban J connectivity index is -0.0000000429. The molecule has 7 heteroatoms. The molecule has 0 aliphatic rings. The Hall–Kier alpha value is 0.0631. The van der Waals surface area contributed by atoms with Gasteiger partial charge in [-0.3, -0.25) is 9.59 Å². The van der Waals surface area contributed by atoms with Gasteiger partial charge in [0.25, 0.3) is 0 Å². The second kappa shape index (κ2) is 49.5. The molecule has 0 radical (unpaired) electrons. The summed E-state index contributed by atoms with van der Waals surface area (Å²) in [6.45, 7) is 10.6. The summed E-state index contributed by atoms with van der Waals surface area (Å²) in [6, 6.07) is 0. The molecular formula is C17H36O6Zr. The van der Waals surface area contributed by atoms with Crippen molar-refractivity contribution in [2.75, 3.05) is 26.4 Å². The fourth-order valence-corrected chi connectivity index (χ4v) is 0.351. The van der Waals surface area contributed by atoms with Crippen LogP contribution in [0.15, 0.2) is 0 Å². The molecule has 0 aromatic carbocycles. The Morgan fingerprint density at radius 1 is 0.583 bits per heavy atom. The summed E-state index contributed by atoms with van der Waals surface area (Å²) in [5, 5.41) is 37.2. The van der Waals surface area contributed by atoms with Crippen molar-refractivity contribution in [1.82, 2.24) is 0 Å². The van der Waals surface area contributed by atoms with E-state index in [9.17, 15) is 30.0 Å². The number of hydrogen-bond acceptors (Lipinski definition) is 6. The molecular weight excluding hydrogens is 391 g/mol. The molecule has 0 amide bonds. The Kier molecular flexibility index (Phi) is 80.9. The predicted octanol–water partition coefficient (Wildman–Crippen LogP) is -0.421. The minimum Gasteiger partial charge on any atom is -0.854 e. The quantitative estimate of drug-likeness (QED) is 0.530. The van der Waals surface area contributed by atoms with Crippen molar-refractivity contribution in [3.63, 3.8) is 0 Å². The van der Waals surface area contributed by atoms with Crippen molar-refractivity contribution < 1.29 is 56.2 Å². The third kappa shape index (κ3) is 151. The average Bonchev–Trinajstić information content (AvgIpc) is 2.54. The molecule has 0 aliphatic heterocycles. The van der Waals surface area contributed by atoms with Gasteiger partial charge in [0.2, 0.25) is 0 Å². The van der Waals surface area contributed by atoms with E-state index in [0.717, 1.165) is 25.7 Å². The molecule has 0 aliphatic carbocycles. The van der Waals surface area contributed by atoms with Gasteiger partial charge in [-0.1, -0.05) is 53.4 Å². The van der Waals surface area contributed by atoms with E-state index in [4.69, 9.17) is 0 Å². The molecule has 0 aromatic rings. The van der Waals surface area contributed by atoms with E-state index in [1.807, 2.05) is 27.7 Å². The van der Waals surface area contributed by atoms with Gasteiger partial charge >= 0.3 is 26.2 Å². The van der Waals surface area contributed by atoms with Crippen molar-refractivity contribution in [2.45, 2.75) is 73.6 Å². The second-order valence-electron chi connectivity index (χ2n) is 4.40. The summed E-state index contributed by atoms with van der Waals surface area (Å²) in [6.07, 6.45) is 3.14. The molecule has 0 saturated heterocycles. The molecule has 0 saturated carbocycles. The second-order valence-corrected chi connectivity index (χ2v) is 4.40. The molecule has 0 spiro atoms. The van der Waals surface area contributed by atoms with Gasteiger partial charge in [0.15, 0.2) is 0 Å². The molecule has 0 aromatic heterocycles. The van der Waals surface area contributed by atoms with Crippen LogP contribution in [-0.2, 0) is 35.8 Å². The smallest absolute Gasteiger partial charge is 0.854 e. The molecule has 0 N–H and O–H groups in total. The van der Waals surface area contributed by atoms with E-state index in [1.165, 1.54) is 13.8 Å². The van der Waals surface area contributed by atoms with Crippen LogP contribution in [0.5, 0.6) is 0 Å². The van der Waals surface area contributed by atoms with Crippen molar-refractivity contribution in [3.8, 4) is 0 Å². The molecule has 0 fully saturated rings. The summed E-state index contributed by atoms with van der Waals surface area (Å²) in [4.78, 5) is 20.1. The van der Waals surface area contributed by atoms with Gasteiger partial charge in [-0.25, -0.2) is 0 Å². The van der Waals surface area contributed by atoms with E-state index < -0.39 is 0 Å². The number of rotatable bonds is 6. The Labute approximate surface area is 167 Å². The summed E-state index contributed by atoms with van der Waals surface area (Å²) in [5.74, 6) is -0.125. The van der Waals surface area contributed by atoms with Gasteiger partial charge in [0, 0.05) is 0 Å². The van der Waals surface area contributed by atoms with Crippen LogP contribution in [0.4, 0.5) is 0 Å². The van der Waals surface area contributed by atoms with Crippen LogP contribution in [0.3, 0.4) is 0 Å². The van der Waals surface area contributed by atoms with Crippen LogP contribution in [0.25, 0.3) is 0 Å². The molecule has 0 bridgehead atoms. The molecule has 0 unspecified atom stereocenters. The topological polar surface area (TPSA) is 126 Å². The number of Topliss-reactive ketones (excluding diaryl/α,β-unsaturated/α-hetero) is 2. The molecule has 6 nitrogen and oxygen atoms in total. The standard InChI is InChI=1S/C5H8O2.4C3H7O.Zr/c1-4(6)3-5(2)7;4*1-2-3-4;/h3H2,1-2H3;4*2-3H2,1H3;/q;4*-1;+4. The third-order valence-corrected chi connectivity index (χ3v) is 1.31. The maximum absolute atomic E-state index is 10.0.